The summed E-state index contributed by atoms with van der Waals surface area (Å²) in [5.41, 5.74) is 7.76. The third-order valence-electron chi connectivity index (χ3n) is 5.23. The second-order valence-electron chi connectivity index (χ2n) is 7.30. The maximum Gasteiger partial charge on any atom is 0.166 e. The van der Waals surface area contributed by atoms with Crippen molar-refractivity contribution < 1.29 is 14.2 Å². The van der Waals surface area contributed by atoms with Gasteiger partial charge in [0.1, 0.15) is 11.9 Å². The van der Waals surface area contributed by atoms with Gasteiger partial charge < -0.3 is 25.8 Å². The van der Waals surface area contributed by atoms with Crippen molar-refractivity contribution in [3.05, 3.63) is 59.1 Å². The number of nitrogens with one attached hydrogen (secondary N) is 1. The molecule has 1 aliphatic heterocycles. The Kier molecular flexibility index (Phi) is 6.11. The third-order valence-corrected chi connectivity index (χ3v) is 5.56. The van der Waals surface area contributed by atoms with Crippen LogP contribution in [0.5, 0.6) is 11.5 Å². The van der Waals surface area contributed by atoms with Gasteiger partial charge in [-0.15, -0.1) is 0 Å². The number of nitrogens with zero attached hydrogens (tertiary/aromatic N) is 3. The van der Waals surface area contributed by atoms with E-state index in [9.17, 15) is 9.50 Å². The molecule has 1 fully saturated rings. The van der Waals surface area contributed by atoms with E-state index in [1.807, 2.05) is 12.1 Å². The Bertz CT molecular complexity index is 1070. The Morgan fingerprint density at radius 3 is 2.61 bits per heavy atom. The number of nitrogens with two attached hydrogens (primary N) is 1. The summed E-state index contributed by atoms with van der Waals surface area (Å²) in [6.07, 6.45) is 2.67. The van der Waals surface area contributed by atoms with Gasteiger partial charge in [0, 0.05) is 49.7 Å². The van der Waals surface area contributed by atoms with Crippen LogP contribution in [0.1, 0.15) is 18.6 Å². The molecule has 0 radical (unpaired) electrons. The number of nitrogen functional groups attached to an aromatic ring is 1. The fraction of sp³-hybridized carbons (Fsp3) is 0.273. The largest absolute Gasteiger partial charge is 0.504 e. The van der Waals surface area contributed by atoms with E-state index in [-0.39, 0.29) is 16.4 Å². The van der Waals surface area contributed by atoms with Crippen molar-refractivity contribution in [3.8, 4) is 22.6 Å². The second kappa shape index (κ2) is 8.95. The molecular weight excluding hydrogens is 421 g/mol. The van der Waals surface area contributed by atoms with Crippen molar-refractivity contribution in [2.45, 2.75) is 13.0 Å². The average Bonchev–Trinajstić information content (AvgIpc) is 2.79. The number of rotatable bonds is 5. The van der Waals surface area contributed by atoms with E-state index >= 15 is 0 Å². The molecule has 0 spiro atoms. The van der Waals surface area contributed by atoms with Crippen LogP contribution in [0.25, 0.3) is 11.1 Å². The molecule has 1 aliphatic rings. The van der Waals surface area contributed by atoms with Gasteiger partial charge in [-0.25, -0.2) is 14.4 Å². The summed E-state index contributed by atoms with van der Waals surface area (Å²) < 4.78 is 19.7. The van der Waals surface area contributed by atoms with Gasteiger partial charge in [0.05, 0.1) is 10.6 Å². The molecule has 4 N–H and O–H groups in total. The standard InChI is InChI=1S/C22H23ClFN5O2/c1-13(20-16(23)3-4-17(24)21(20)30)31-18-10-15(12-28-22(18)25)14-2-5-19(27-11-14)29-8-6-26-7-9-29/h2-5,10-13,26,30H,6-9H2,1H3,(H2,25,28). The van der Waals surface area contributed by atoms with Crippen molar-refractivity contribution in [3.63, 3.8) is 0 Å². The minimum atomic E-state index is -0.773. The first-order valence-corrected chi connectivity index (χ1v) is 10.3. The van der Waals surface area contributed by atoms with E-state index < -0.39 is 17.7 Å². The second-order valence-corrected chi connectivity index (χ2v) is 7.71. The van der Waals surface area contributed by atoms with Crippen LogP contribution >= 0.6 is 11.6 Å². The van der Waals surface area contributed by atoms with Gasteiger partial charge >= 0.3 is 0 Å². The number of benzene rings is 1. The molecule has 9 heteroatoms. The fourth-order valence-corrected chi connectivity index (χ4v) is 3.84. The molecule has 2 aromatic heterocycles. The van der Waals surface area contributed by atoms with E-state index in [0.29, 0.717) is 5.75 Å². The number of anilines is 2. The van der Waals surface area contributed by atoms with Crippen molar-refractivity contribution in [1.82, 2.24) is 15.3 Å². The number of pyridine rings is 2. The van der Waals surface area contributed by atoms with Crippen molar-refractivity contribution in [2.75, 3.05) is 36.8 Å². The molecule has 1 aromatic carbocycles. The molecule has 1 unspecified atom stereocenters. The lowest BCUT2D eigenvalue weighted by molar-refractivity contribution is 0.221. The lowest BCUT2D eigenvalue weighted by atomic mass is 10.1. The highest BCUT2D eigenvalue weighted by molar-refractivity contribution is 6.31. The smallest absolute Gasteiger partial charge is 0.166 e. The molecule has 0 bridgehead atoms. The molecule has 3 aromatic rings. The zero-order valence-electron chi connectivity index (χ0n) is 17.0. The average molecular weight is 444 g/mol. The third kappa shape index (κ3) is 4.50. The number of ether oxygens (including phenoxy) is 1. The van der Waals surface area contributed by atoms with E-state index in [1.54, 1.807) is 25.4 Å². The summed E-state index contributed by atoms with van der Waals surface area (Å²) in [4.78, 5) is 11.0. The number of piperazine rings is 1. The summed E-state index contributed by atoms with van der Waals surface area (Å²) in [5, 5.41) is 13.6. The van der Waals surface area contributed by atoms with Gasteiger partial charge in [0.15, 0.2) is 23.1 Å². The minimum Gasteiger partial charge on any atom is -0.504 e. The normalized spacial score (nSPS) is 15.0. The molecule has 7 nitrogen and oxygen atoms in total. The zero-order valence-corrected chi connectivity index (χ0v) is 17.7. The van der Waals surface area contributed by atoms with Crippen LogP contribution in [0.4, 0.5) is 16.0 Å². The van der Waals surface area contributed by atoms with E-state index in [1.165, 1.54) is 6.07 Å². The van der Waals surface area contributed by atoms with Crippen molar-refractivity contribution >= 4 is 23.2 Å². The Labute approximate surface area is 184 Å². The number of phenols is 1. The summed E-state index contributed by atoms with van der Waals surface area (Å²) in [6.45, 7) is 5.36. The number of aromatic nitrogens is 2. The maximum atomic E-state index is 13.8. The predicted octanol–water partition coefficient (Wildman–Crippen LogP) is 3.77. The highest BCUT2D eigenvalue weighted by atomic mass is 35.5. The van der Waals surface area contributed by atoms with Crippen LogP contribution in [0.3, 0.4) is 0 Å². The van der Waals surface area contributed by atoms with Gasteiger partial charge in [-0.3, -0.25) is 0 Å². The Hall–Kier alpha value is -3.10. The lowest BCUT2D eigenvalue weighted by Crippen LogP contribution is -2.43. The zero-order chi connectivity index (χ0) is 22.0. The first-order valence-electron chi connectivity index (χ1n) is 9.95. The Balaban J connectivity index is 1.57. The van der Waals surface area contributed by atoms with Crippen molar-refractivity contribution in [2.24, 2.45) is 0 Å². The SMILES string of the molecule is CC(Oc1cc(-c2ccc(N3CCNCC3)nc2)cnc1N)c1c(Cl)ccc(F)c1O. The molecule has 0 saturated carbocycles. The molecule has 0 aliphatic carbocycles. The molecule has 3 heterocycles. The molecular formula is C22H23ClFN5O2. The minimum absolute atomic E-state index is 0.147. The number of phenolic OH excluding ortho intramolecular Hbond substituents is 1. The summed E-state index contributed by atoms with van der Waals surface area (Å²) in [6, 6.07) is 8.16. The highest BCUT2D eigenvalue weighted by Crippen LogP contribution is 2.37. The molecule has 4 rings (SSSR count). The fourth-order valence-electron chi connectivity index (χ4n) is 3.54. The van der Waals surface area contributed by atoms with Crippen LogP contribution in [-0.2, 0) is 0 Å². The number of hydrogen-bond donors (Lipinski definition) is 3. The van der Waals surface area contributed by atoms with Gasteiger partial charge in [-0.1, -0.05) is 11.6 Å². The van der Waals surface area contributed by atoms with Gasteiger partial charge in [-0.05, 0) is 37.3 Å². The lowest BCUT2D eigenvalue weighted by Gasteiger charge is -2.28. The first kappa shape index (κ1) is 21.1. The molecule has 162 valence electrons. The number of aromatic hydroxyl groups is 1. The van der Waals surface area contributed by atoms with Crippen LogP contribution < -0.4 is 20.7 Å². The highest BCUT2D eigenvalue weighted by Gasteiger charge is 2.21. The van der Waals surface area contributed by atoms with E-state index in [4.69, 9.17) is 22.1 Å². The first-order chi connectivity index (χ1) is 14.9. The van der Waals surface area contributed by atoms with Crippen LogP contribution in [0.2, 0.25) is 5.02 Å². The van der Waals surface area contributed by atoms with Crippen LogP contribution in [-0.4, -0.2) is 41.3 Å². The summed E-state index contributed by atoms with van der Waals surface area (Å²) in [5.74, 6) is 0.0830. The Morgan fingerprint density at radius 1 is 1.16 bits per heavy atom. The topological polar surface area (TPSA) is 96.5 Å². The van der Waals surface area contributed by atoms with Gasteiger partial charge in [-0.2, -0.15) is 0 Å². The summed E-state index contributed by atoms with van der Waals surface area (Å²) in [7, 11) is 0. The van der Waals surface area contributed by atoms with E-state index in [0.717, 1.165) is 49.2 Å². The van der Waals surface area contributed by atoms with E-state index in [2.05, 4.69) is 20.2 Å². The van der Waals surface area contributed by atoms with Crippen LogP contribution in [0, 0.1) is 5.82 Å². The molecule has 0 amide bonds. The van der Waals surface area contributed by atoms with Crippen LogP contribution in [0.15, 0.2) is 42.7 Å². The Morgan fingerprint density at radius 2 is 1.90 bits per heavy atom. The maximum absolute atomic E-state index is 13.8. The summed E-state index contributed by atoms with van der Waals surface area (Å²) >= 11 is 6.14. The molecule has 1 saturated heterocycles. The van der Waals surface area contributed by atoms with Gasteiger partial charge in [0.25, 0.3) is 0 Å². The predicted molar refractivity (Wildman–Crippen MR) is 119 cm³/mol. The number of halogens is 2. The molecule has 1 atom stereocenters. The quantitative estimate of drug-likeness (QED) is 0.552. The number of hydrogen-bond acceptors (Lipinski definition) is 7. The monoisotopic (exact) mass is 443 g/mol. The van der Waals surface area contributed by atoms with Gasteiger partial charge in [0.2, 0.25) is 0 Å². The van der Waals surface area contributed by atoms with Crippen molar-refractivity contribution in [1.29, 1.82) is 0 Å². The molecule has 31 heavy (non-hydrogen) atoms.